The molecule has 0 N–H and O–H groups in total. The van der Waals surface area contributed by atoms with Gasteiger partial charge in [0.1, 0.15) is 11.6 Å². The van der Waals surface area contributed by atoms with E-state index in [9.17, 15) is 4.79 Å². The van der Waals surface area contributed by atoms with Crippen LogP contribution in [0.15, 0.2) is 50.8 Å². The Hall–Kier alpha value is -2.67. The molecule has 0 radical (unpaired) electrons. The maximum absolute atomic E-state index is 13.2. The average molecular weight is 485 g/mol. The predicted molar refractivity (Wildman–Crippen MR) is 132 cm³/mol. The molecule has 1 heterocycles. The summed E-state index contributed by atoms with van der Waals surface area (Å²) in [5.41, 5.74) is 2.35. The number of hydrogen-bond donors (Lipinski definition) is 0. The normalized spacial score (nSPS) is 11.6. The van der Waals surface area contributed by atoms with Gasteiger partial charge < -0.3 is 9.64 Å². The van der Waals surface area contributed by atoms with Gasteiger partial charge in [0.25, 0.3) is 5.56 Å². The second-order valence-corrected chi connectivity index (χ2v) is 8.85. The van der Waals surface area contributed by atoms with Gasteiger partial charge in [0.15, 0.2) is 0 Å². The van der Waals surface area contributed by atoms with Crippen molar-refractivity contribution in [2.45, 2.75) is 46.1 Å². The van der Waals surface area contributed by atoms with E-state index in [1.165, 1.54) is 4.68 Å². The van der Waals surface area contributed by atoms with Gasteiger partial charge >= 0.3 is 0 Å². The summed E-state index contributed by atoms with van der Waals surface area (Å²) in [5.74, 6) is 1.39. The van der Waals surface area contributed by atoms with Crippen LogP contribution in [0.25, 0.3) is 10.9 Å². The summed E-state index contributed by atoms with van der Waals surface area (Å²) in [5, 5.41) is 5.09. The van der Waals surface area contributed by atoms with Gasteiger partial charge in [0.2, 0.25) is 0 Å². The molecule has 7 heteroatoms. The topological polar surface area (TPSA) is 59.7 Å². The van der Waals surface area contributed by atoms with E-state index in [0.717, 1.165) is 34.3 Å². The van der Waals surface area contributed by atoms with E-state index in [0.29, 0.717) is 23.1 Å². The van der Waals surface area contributed by atoms with Crippen LogP contribution in [-0.2, 0) is 6.42 Å². The number of fused-ring (bicyclic) bond motifs is 1. The highest BCUT2D eigenvalue weighted by Gasteiger charge is 2.12. The van der Waals surface area contributed by atoms with Crippen molar-refractivity contribution in [2.75, 3.05) is 19.0 Å². The van der Waals surface area contributed by atoms with Crippen LogP contribution in [0.2, 0.25) is 0 Å². The number of aromatic nitrogens is 2. The summed E-state index contributed by atoms with van der Waals surface area (Å²) in [6.45, 7) is 6.09. The minimum absolute atomic E-state index is 0.0204. The number of nitrogens with zero attached hydrogens (tertiary/aromatic N) is 4. The highest BCUT2D eigenvalue weighted by Crippen LogP contribution is 2.25. The van der Waals surface area contributed by atoms with E-state index in [1.807, 2.05) is 63.2 Å². The summed E-state index contributed by atoms with van der Waals surface area (Å²) in [7, 11) is 3.97. The molecule has 0 saturated carbocycles. The molecule has 0 unspecified atom stereocenters. The average Bonchev–Trinajstić information content (AvgIpc) is 2.72. The Morgan fingerprint density at radius 1 is 1.23 bits per heavy atom. The quantitative estimate of drug-likeness (QED) is 0.410. The molecule has 0 fully saturated rings. The van der Waals surface area contributed by atoms with Gasteiger partial charge in [0.05, 0.1) is 23.2 Å². The molecule has 31 heavy (non-hydrogen) atoms. The number of hydrogen-bond acceptors (Lipinski definition) is 5. The van der Waals surface area contributed by atoms with Crippen molar-refractivity contribution in [1.29, 1.82) is 0 Å². The largest absolute Gasteiger partial charge is 0.490 e. The number of unbranched alkanes of at least 4 members (excludes halogenated alkanes) is 1. The fourth-order valence-electron chi connectivity index (χ4n) is 3.19. The van der Waals surface area contributed by atoms with Gasteiger partial charge in [-0.3, -0.25) is 4.79 Å². The van der Waals surface area contributed by atoms with Crippen molar-refractivity contribution in [3.05, 3.63) is 62.6 Å². The molecule has 0 aliphatic rings. The van der Waals surface area contributed by atoms with Crippen LogP contribution in [0.1, 0.15) is 45.0 Å². The summed E-state index contributed by atoms with van der Waals surface area (Å²) in [4.78, 5) is 20.0. The van der Waals surface area contributed by atoms with E-state index in [1.54, 1.807) is 12.3 Å². The first-order valence-electron chi connectivity index (χ1n) is 10.5. The molecule has 0 atom stereocenters. The molecular weight excluding hydrogens is 456 g/mol. The van der Waals surface area contributed by atoms with Crippen LogP contribution in [0.4, 0.5) is 5.69 Å². The third-order valence-electron chi connectivity index (χ3n) is 4.82. The van der Waals surface area contributed by atoms with E-state index in [4.69, 9.17) is 9.72 Å². The van der Waals surface area contributed by atoms with Gasteiger partial charge in [-0.05, 0) is 50.6 Å². The first kappa shape index (κ1) is 23.0. The maximum atomic E-state index is 13.2. The zero-order chi connectivity index (χ0) is 22.5. The molecular formula is C24H29BrN4O2. The van der Waals surface area contributed by atoms with Crippen molar-refractivity contribution in [2.24, 2.45) is 5.10 Å². The molecule has 6 nitrogen and oxygen atoms in total. The Balaban J connectivity index is 2.11. The number of benzene rings is 2. The lowest BCUT2D eigenvalue weighted by Gasteiger charge is -2.17. The molecule has 3 rings (SSSR count). The third kappa shape index (κ3) is 5.53. The Kier molecular flexibility index (Phi) is 7.49. The SMILES string of the molecule is CCCCc1nc2ccc(Br)cc2c(=O)n1N=Cc1ccc(N(C)C)cc1OC(C)C. The number of ether oxygens (including phenoxy) is 1. The smallest absolute Gasteiger partial charge is 0.282 e. The number of halogens is 1. The van der Waals surface area contributed by atoms with Crippen molar-refractivity contribution in [3.8, 4) is 5.75 Å². The molecule has 1 aromatic heterocycles. The molecule has 3 aromatic rings. The lowest BCUT2D eigenvalue weighted by atomic mass is 10.2. The standard InChI is InChI=1S/C24H29BrN4O2/c1-6-7-8-23-27-21-12-10-18(25)13-20(21)24(30)29(23)26-15-17-9-11-19(28(4)5)14-22(17)31-16(2)3/h9-16H,6-8H2,1-5H3. The Bertz CT molecular complexity index is 1150. The number of rotatable bonds is 8. The predicted octanol–water partition coefficient (Wildman–Crippen LogP) is 5.24. The van der Waals surface area contributed by atoms with Gasteiger partial charge in [-0.15, -0.1) is 0 Å². The van der Waals surface area contributed by atoms with Crippen LogP contribution in [-0.4, -0.2) is 36.1 Å². The molecule has 164 valence electrons. The highest BCUT2D eigenvalue weighted by molar-refractivity contribution is 9.10. The van der Waals surface area contributed by atoms with E-state index >= 15 is 0 Å². The van der Waals surface area contributed by atoms with Gasteiger partial charge in [-0.2, -0.15) is 9.78 Å². The summed E-state index contributed by atoms with van der Waals surface area (Å²) >= 11 is 3.44. The van der Waals surface area contributed by atoms with Crippen LogP contribution < -0.4 is 15.2 Å². The summed E-state index contributed by atoms with van der Waals surface area (Å²) in [6.07, 6.45) is 4.33. The zero-order valence-corrected chi connectivity index (χ0v) is 20.3. The Morgan fingerprint density at radius 2 is 2.00 bits per heavy atom. The Labute approximate surface area is 191 Å². The summed E-state index contributed by atoms with van der Waals surface area (Å²) in [6, 6.07) is 11.5. The molecule has 0 amide bonds. The first-order valence-corrected chi connectivity index (χ1v) is 11.3. The monoisotopic (exact) mass is 484 g/mol. The van der Waals surface area contributed by atoms with E-state index in [-0.39, 0.29) is 11.7 Å². The fraction of sp³-hybridized carbons (Fsp3) is 0.375. The molecule has 0 aliphatic heterocycles. The molecule has 0 aliphatic carbocycles. The lowest BCUT2D eigenvalue weighted by Crippen LogP contribution is -2.22. The molecule has 0 bridgehead atoms. The van der Waals surface area contributed by atoms with Crippen LogP contribution in [0, 0.1) is 0 Å². The van der Waals surface area contributed by atoms with Crippen molar-refractivity contribution in [3.63, 3.8) is 0 Å². The van der Waals surface area contributed by atoms with Gasteiger partial charge in [-0.1, -0.05) is 29.3 Å². The van der Waals surface area contributed by atoms with Gasteiger partial charge in [0, 0.05) is 42.3 Å². The second kappa shape index (κ2) is 10.1. The van der Waals surface area contributed by atoms with Crippen LogP contribution >= 0.6 is 15.9 Å². The minimum atomic E-state index is -0.176. The molecule has 2 aromatic carbocycles. The maximum Gasteiger partial charge on any atom is 0.282 e. The molecule has 0 saturated heterocycles. The van der Waals surface area contributed by atoms with Crippen molar-refractivity contribution >= 4 is 38.7 Å². The van der Waals surface area contributed by atoms with Crippen molar-refractivity contribution in [1.82, 2.24) is 9.66 Å². The van der Waals surface area contributed by atoms with Crippen LogP contribution in [0.3, 0.4) is 0 Å². The van der Waals surface area contributed by atoms with Crippen LogP contribution in [0.5, 0.6) is 5.75 Å². The number of aryl methyl sites for hydroxylation is 1. The molecule has 0 spiro atoms. The minimum Gasteiger partial charge on any atom is -0.490 e. The first-order chi connectivity index (χ1) is 14.8. The van der Waals surface area contributed by atoms with Crippen molar-refractivity contribution < 1.29 is 4.74 Å². The lowest BCUT2D eigenvalue weighted by molar-refractivity contribution is 0.242. The second-order valence-electron chi connectivity index (χ2n) is 7.94. The third-order valence-corrected chi connectivity index (χ3v) is 5.31. The number of anilines is 1. The fourth-order valence-corrected chi connectivity index (χ4v) is 3.56. The highest BCUT2D eigenvalue weighted by atomic mass is 79.9. The van der Waals surface area contributed by atoms with Gasteiger partial charge in [-0.25, -0.2) is 4.98 Å². The Morgan fingerprint density at radius 3 is 2.68 bits per heavy atom. The zero-order valence-electron chi connectivity index (χ0n) is 18.7. The summed E-state index contributed by atoms with van der Waals surface area (Å²) < 4.78 is 8.26. The van der Waals surface area contributed by atoms with E-state index in [2.05, 4.69) is 28.0 Å². The van der Waals surface area contributed by atoms with E-state index < -0.39 is 0 Å².